The van der Waals surface area contributed by atoms with E-state index in [-0.39, 0.29) is 35.5 Å². The van der Waals surface area contributed by atoms with Gasteiger partial charge in [-0.1, -0.05) is 23.9 Å². The molecule has 0 amide bonds. The van der Waals surface area contributed by atoms with Crippen molar-refractivity contribution in [3.8, 4) is 5.82 Å². The van der Waals surface area contributed by atoms with Crippen LogP contribution in [-0.4, -0.2) is 37.8 Å². The molecule has 2 rings (SSSR count). The van der Waals surface area contributed by atoms with Crippen molar-refractivity contribution in [1.29, 1.82) is 0 Å². The van der Waals surface area contributed by atoms with Crippen LogP contribution >= 0.6 is 27.5 Å². The Hall–Kier alpha value is 0.186. The molecule has 0 radical (unpaired) electrons. The zero-order chi connectivity index (χ0) is 9.26. The number of hydrogen-bond donors (Lipinski definition) is 0. The van der Waals surface area contributed by atoms with Gasteiger partial charge in [-0.3, -0.25) is 4.98 Å². The van der Waals surface area contributed by atoms with Crippen LogP contribution in [0.2, 0.25) is 5.02 Å². The maximum Gasteiger partial charge on any atom is 2.00 e. The largest absolute Gasteiger partial charge is 2.00 e. The Morgan fingerprint density at radius 2 is 2.20 bits per heavy atom. The van der Waals surface area contributed by atoms with Crippen molar-refractivity contribution < 1.29 is 12.4 Å². The summed E-state index contributed by atoms with van der Waals surface area (Å²) in [6, 6.07) is 5.22. The van der Waals surface area contributed by atoms with Gasteiger partial charge in [0.1, 0.15) is 0 Å². The van der Waals surface area contributed by atoms with Crippen molar-refractivity contribution in [2.45, 2.75) is 0 Å². The van der Waals surface area contributed by atoms with Crippen molar-refractivity contribution in [1.82, 2.24) is 14.8 Å². The summed E-state index contributed by atoms with van der Waals surface area (Å²) < 4.78 is 2.20. The first kappa shape index (κ1) is 15.2. The fraction of sp³-hybridized carbons (Fsp3) is 0. The quantitative estimate of drug-likeness (QED) is 0.505. The average Bonchev–Trinajstić information content (AvgIpc) is 2.53. The topological polar surface area (TPSA) is 30.7 Å². The molecule has 0 fully saturated rings. The van der Waals surface area contributed by atoms with Gasteiger partial charge < -0.3 is 17.1 Å². The molecule has 0 aliphatic carbocycles. The summed E-state index contributed by atoms with van der Waals surface area (Å²) in [5.41, 5.74) is 0. The monoisotopic (exact) mass is 315 g/mol. The Balaban J connectivity index is 0.000000980. The number of halogens is 3. The van der Waals surface area contributed by atoms with Gasteiger partial charge in [-0.15, -0.1) is 22.0 Å². The van der Waals surface area contributed by atoms with Gasteiger partial charge >= 0.3 is 23.1 Å². The first-order chi connectivity index (χ1) is 6.27. The van der Waals surface area contributed by atoms with E-state index in [4.69, 9.17) is 11.6 Å². The Morgan fingerprint density at radius 1 is 1.47 bits per heavy atom. The molecule has 0 atom stereocenters. The summed E-state index contributed by atoms with van der Waals surface area (Å²) in [5, 5.41) is 4.62. The normalized spacial score (nSPS) is 8.93. The molecule has 2 aromatic rings. The van der Waals surface area contributed by atoms with Gasteiger partial charge in [0.15, 0.2) is 0 Å². The van der Waals surface area contributed by atoms with Gasteiger partial charge in [0.05, 0.1) is 5.82 Å². The molecule has 0 saturated carbocycles. The first-order valence-corrected chi connectivity index (χ1v) is 4.68. The Kier molecular flexibility index (Phi) is 6.78. The summed E-state index contributed by atoms with van der Waals surface area (Å²) in [5.74, 6) is 0.579. The minimum absolute atomic E-state index is 0. The van der Waals surface area contributed by atoms with Gasteiger partial charge in [0.2, 0.25) is 0 Å². The predicted molar refractivity (Wildman–Crippen MR) is 58.7 cm³/mol. The molecule has 7 heteroatoms. The standard InChI is InChI=1S/C8H4BrClN3.ClH.Mg/c9-7-3-5-13(12-7)8-6(10)2-1-4-11-8;;/h1-4H;1H;/q-1;;+2/p-1. The van der Waals surface area contributed by atoms with Crippen molar-refractivity contribution in [2.24, 2.45) is 0 Å². The second-order valence-corrected chi connectivity index (χ2v) is 3.54. The number of hydrogen-bond acceptors (Lipinski definition) is 2. The van der Waals surface area contributed by atoms with Crippen LogP contribution in [0, 0.1) is 6.20 Å². The fourth-order valence-corrected chi connectivity index (χ4v) is 1.37. The van der Waals surface area contributed by atoms with Crippen LogP contribution in [0.25, 0.3) is 5.82 Å². The third-order valence-corrected chi connectivity index (χ3v) is 2.12. The van der Waals surface area contributed by atoms with E-state index in [0.29, 0.717) is 15.4 Å². The van der Waals surface area contributed by atoms with E-state index in [9.17, 15) is 0 Å². The number of rotatable bonds is 1. The van der Waals surface area contributed by atoms with Crippen LogP contribution in [0.5, 0.6) is 0 Å². The summed E-state index contributed by atoms with van der Waals surface area (Å²) >= 11 is 9.13. The molecule has 0 unspecified atom stereocenters. The van der Waals surface area contributed by atoms with Crippen LogP contribution in [0.15, 0.2) is 29.0 Å². The van der Waals surface area contributed by atoms with E-state index in [2.05, 4.69) is 32.2 Å². The second-order valence-electron chi connectivity index (χ2n) is 2.32. The van der Waals surface area contributed by atoms with E-state index >= 15 is 0 Å². The number of nitrogens with zero attached hydrogens (tertiary/aromatic N) is 3. The average molecular weight is 317 g/mol. The van der Waals surface area contributed by atoms with Crippen LogP contribution in [-0.2, 0) is 0 Å². The Morgan fingerprint density at radius 3 is 2.73 bits per heavy atom. The molecule has 2 heterocycles. The van der Waals surface area contributed by atoms with Crippen LogP contribution in [0.4, 0.5) is 0 Å². The Labute approximate surface area is 123 Å². The molecule has 0 N–H and O–H groups in total. The van der Waals surface area contributed by atoms with E-state index in [0.717, 1.165) is 0 Å². The molecule has 74 valence electrons. The molecule has 0 aromatic carbocycles. The van der Waals surface area contributed by atoms with Gasteiger partial charge in [0.25, 0.3) is 0 Å². The molecule has 0 bridgehead atoms. The summed E-state index contributed by atoms with van der Waals surface area (Å²) in [4.78, 5) is 4.08. The summed E-state index contributed by atoms with van der Waals surface area (Å²) in [6.07, 6.45) is 4.53. The summed E-state index contributed by atoms with van der Waals surface area (Å²) in [7, 11) is 0. The van der Waals surface area contributed by atoms with Gasteiger partial charge in [-0.05, 0) is 6.07 Å². The molecule has 2 aromatic heterocycles. The van der Waals surface area contributed by atoms with E-state index in [1.165, 1.54) is 4.68 Å². The van der Waals surface area contributed by atoms with Crippen LogP contribution in [0.3, 0.4) is 0 Å². The SMILES string of the molecule is Clc1cccnc1-n1[c-]cc(Br)n1.[Cl-].[Mg+2]. The Bertz CT molecular complexity index is 435. The molecular weight excluding hydrogens is 313 g/mol. The summed E-state index contributed by atoms with van der Waals surface area (Å²) in [6.45, 7) is 0. The maximum absolute atomic E-state index is 5.91. The third-order valence-electron chi connectivity index (χ3n) is 1.44. The minimum atomic E-state index is 0. The molecular formula is C8H4BrCl2MgN3. The van der Waals surface area contributed by atoms with E-state index < -0.39 is 0 Å². The zero-order valence-electron chi connectivity index (χ0n) is 7.49. The van der Waals surface area contributed by atoms with Crippen molar-refractivity contribution >= 4 is 50.6 Å². The van der Waals surface area contributed by atoms with Crippen LogP contribution < -0.4 is 12.4 Å². The van der Waals surface area contributed by atoms with Crippen molar-refractivity contribution in [3.05, 3.63) is 40.2 Å². The molecule has 0 spiro atoms. The molecule has 0 aliphatic heterocycles. The minimum Gasteiger partial charge on any atom is -1.00 e. The third kappa shape index (κ3) is 3.60. The molecule has 3 nitrogen and oxygen atoms in total. The predicted octanol–water partition coefficient (Wildman–Crippen LogP) is -0.893. The molecule has 15 heavy (non-hydrogen) atoms. The maximum atomic E-state index is 5.91. The van der Waals surface area contributed by atoms with E-state index in [1.54, 1.807) is 24.4 Å². The fourth-order valence-electron chi connectivity index (χ4n) is 0.909. The van der Waals surface area contributed by atoms with Gasteiger partial charge in [-0.2, -0.15) is 0 Å². The number of aromatic nitrogens is 3. The zero-order valence-corrected chi connectivity index (χ0v) is 12.0. The molecule has 0 saturated heterocycles. The van der Waals surface area contributed by atoms with Crippen molar-refractivity contribution in [3.63, 3.8) is 0 Å². The first-order valence-electron chi connectivity index (χ1n) is 3.51. The van der Waals surface area contributed by atoms with Gasteiger partial charge in [-0.25, -0.2) is 5.10 Å². The molecule has 0 aliphatic rings. The smallest absolute Gasteiger partial charge is 1.00 e. The van der Waals surface area contributed by atoms with Gasteiger partial charge in [0, 0.05) is 15.8 Å². The van der Waals surface area contributed by atoms with E-state index in [1.807, 2.05) is 0 Å². The van der Waals surface area contributed by atoms with Crippen molar-refractivity contribution in [2.75, 3.05) is 0 Å². The second kappa shape index (κ2) is 6.70. The van der Waals surface area contributed by atoms with Crippen LogP contribution in [0.1, 0.15) is 0 Å². The number of pyridine rings is 1.